The van der Waals surface area contributed by atoms with Gasteiger partial charge in [0.05, 0.1) is 16.6 Å². The van der Waals surface area contributed by atoms with Crippen molar-refractivity contribution in [3.05, 3.63) is 53.9 Å². The van der Waals surface area contributed by atoms with Crippen molar-refractivity contribution < 1.29 is 0 Å². The summed E-state index contributed by atoms with van der Waals surface area (Å²) in [5.74, 6) is 0.605. The van der Waals surface area contributed by atoms with E-state index < -0.39 is 0 Å². The number of nitrogens with one attached hydrogen (secondary N) is 1. The van der Waals surface area contributed by atoms with Gasteiger partial charge in [0, 0.05) is 23.7 Å². The van der Waals surface area contributed by atoms with Crippen molar-refractivity contribution in [1.29, 1.82) is 5.26 Å². The van der Waals surface area contributed by atoms with E-state index in [9.17, 15) is 5.26 Å². The number of hydrogen-bond donors (Lipinski definition) is 1. The molecule has 0 saturated heterocycles. The highest BCUT2D eigenvalue weighted by Gasteiger charge is 2.09. The first-order chi connectivity index (χ1) is 12.7. The average molecular weight is 363 g/mol. The molecule has 0 fully saturated rings. The fourth-order valence-electron chi connectivity index (χ4n) is 2.93. The molecule has 0 aliphatic carbocycles. The van der Waals surface area contributed by atoms with Crippen LogP contribution in [0.2, 0.25) is 0 Å². The van der Waals surface area contributed by atoms with Crippen LogP contribution >= 0.6 is 11.8 Å². The maximum absolute atomic E-state index is 9.59. The van der Waals surface area contributed by atoms with Crippen LogP contribution in [0.15, 0.2) is 47.4 Å². The van der Waals surface area contributed by atoms with Crippen molar-refractivity contribution in [2.45, 2.75) is 18.7 Å². The Kier molecular flexibility index (Phi) is 5.65. The monoisotopic (exact) mass is 362 g/mol. The van der Waals surface area contributed by atoms with Gasteiger partial charge in [-0.1, -0.05) is 12.1 Å². The molecule has 132 valence electrons. The summed E-state index contributed by atoms with van der Waals surface area (Å²) in [4.78, 5) is 11.3. The van der Waals surface area contributed by atoms with Crippen molar-refractivity contribution in [2.75, 3.05) is 24.2 Å². The van der Waals surface area contributed by atoms with Gasteiger partial charge in [-0.15, -0.1) is 11.8 Å². The standard InChI is InChI=1S/C21H22N4S/c1-4-25(5-2)17-8-6-15(7-9-17)12-16(14-22)21-23-19-11-10-18(26-3)13-20(19)24-21/h6-13H,4-5H2,1-3H3,(H,23,24)/b16-12+. The van der Waals surface area contributed by atoms with Crippen LogP contribution in [0.1, 0.15) is 25.2 Å². The maximum Gasteiger partial charge on any atom is 0.149 e. The Morgan fingerprint density at radius 3 is 2.54 bits per heavy atom. The first-order valence-electron chi connectivity index (χ1n) is 8.69. The molecule has 1 N–H and O–H groups in total. The van der Waals surface area contributed by atoms with E-state index in [0.717, 1.165) is 29.7 Å². The maximum atomic E-state index is 9.59. The summed E-state index contributed by atoms with van der Waals surface area (Å²) in [6.45, 7) is 6.25. The molecule has 0 saturated carbocycles. The van der Waals surface area contributed by atoms with E-state index in [0.29, 0.717) is 11.4 Å². The number of nitriles is 1. The molecule has 2 aromatic carbocycles. The normalized spacial score (nSPS) is 11.5. The lowest BCUT2D eigenvalue weighted by atomic mass is 10.1. The lowest BCUT2D eigenvalue weighted by Gasteiger charge is -2.20. The average Bonchev–Trinajstić information content (AvgIpc) is 3.11. The number of aromatic amines is 1. The van der Waals surface area contributed by atoms with Gasteiger partial charge in [-0.2, -0.15) is 5.26 Å². The quantitative estimate of drug-likeness (QED) is 0.484. The molecular formula is C21H22N4S. The number of benzene rings is 2. The summed E-state index contributed by atoms with van der Waals surface area (Å²) >= 11 is 1.69. The first kappa shape index (κ1) is 18.1. The fraction of sp³-hybridized carbons (Fsp3) is 0.238. The Morgan fingerprint density at radius 2 is 1.92 bits per heavy atom. The van der Waals surface area contributed by atoms with Crippen molar-refractivity contribution in [2.24, 2.45) is 0 Å². The van der Waals surface area contributed by atoms with Gasteiger partial charge in [-0.05, 0) is 62.1 Å². The number of imidazole rings is 1. The SMILES string of the molecule is CCN(CC)c1ccc(/C=C(\C#N)c2nc3ccc(SC)cc3[nH]2)cc1. The number of aromatic nitrogens is 2. The van der Waals surface area contributed by atoms with Gasteiger partial charge in [-0.3, -0.25) is 0 Å². The van der Waals surface area contributed by atoms with Crippen molar-refractivity contribution in [1.82, 2.24) is 9.97 Å². The second-order valence-corrected chi connectivity index (χ2v) is 6.78. The second-order valence-electron chi connectivity index (χ2n) is 5.90. The summed E-state index contributed by atoms with van der Waals surface area (Å²) in [6, 6.07) is 16.6. The summed E-state index contributed by atoms with van der Waals surface area (Å²) in [7, 11) is 0. The number of hydrogen-bond acceptors (Lipinski definition) is 4. The van der Waals surface area contributed by atoms with Gasteiger partial charge in [0.15, 0.2) is 0 Å². The zero-order valence-electron chi connectivity index (χ0n) is 15.3. The van der Waals surface area contributed by atoms with Gasteiger partial charge in [-0.25, -0.2) is 4.98 Å². The van der Waals surface area contributed by atoms with Crippen LogP contribution in [0.4, 0.5) is 5.69 Å². The van der Waals surface area contributed by atoms with Gasteiger partial charge in [0.1, 0.15) is 11.9 Å². The molecule has 1 heterocycles. The minimum absolute atomic E-state index is 0.530. The third-order valence-corrected chi connectivity index (χ3v) is 5.12. The summed E-state index contributed by atoms with van der Waals surface area (Å²) in [6.07, 6.45) is 3.92. The van der Waals surface area contributed by atoms with E-state index in [4.69, 9.17) is 0 Å². The van der Waals surface area contributed by atoms with Gasteiger partial charge < -0.3 is 9.88 Å². The lowest BCUT2D eigenvalue weighted by molar-refractivity contribution is 0.866. The third kappa shape index (κ3) is 3.76. The number of anilines is 1. The summed E-state index contributed by atoms with van der Waals surface area (Å²) in [5, 5.41) is 9.59. The number of thioether (sulfide) groups is 1. The first-order valence-corrected chi connectivity index (χ1v) is 9.91. The predicted molar refractivity (Wildman–Crippen MR) is 111 cm³/mol. The van der Waals surface area contributed by atoms with E-state index in [1.165, 1.54) is 10.6 Å². The molecule has 0 bridgehead atoms. The minimum atomic E-state index is 0.530. The van der Waals surface area contributed by atoms with Crippen LogP contribution in [0, 0.1) is 11.3 Å². The molecule has 3 aromatic rings. The molecule has 1 aromatic heterocycles. The Morgan fingerprint density at radius 1 is 1.19 bits per heavy atom. The molecule has 0 amide bonds. The lowest BCUT2D eigenvalue weighted by Crippen LogP contribution is -2.21. The molecule has 5 heteroatoms. The minimum Gasteiger partial charge on any atom is -0.372 e. The van der Waals surface area contributed by atoms with Crippen molar-refractivity contribution >= 4 is 40.1 Å². The zero-order chi connectivity index (χ0) is 18.5. The second kappa shape index (κ2) is 8.11. The van der Waals surface area contributed by atoms with E-state index in [1.54, 1.807) is 11.8 Å². The molecule has 3 rings (SSSR count). The Labute approximate surface area is 158 Å². The zero-order valence-corrected chi connectivity index (χ0v) is 16.1. The molecule has 0 radical (unpaired) electrons. The third-order valence-electron chi connectivity index (χ3n) is 4.40. The Balaban J connectivity index is 1.92. The number of rotatable bonds is 6. The van der Waals surface area contributed by atoms with Gasteiger partial charge in [0.25, 0.3) is 0 Å². The molecule has 0 atom stereocenters. The highest BCUT2D eigenvalue weighted by atomic mass is 32.2. The molecule has 0 aliphatic heterocycles. The highest BCUT2D eigenvalue weighted by molar-refractivity contribution is 7.98. The number of allylic oxidation sites excluding steroid dienone is 1. The van der Waals surface area contributed by atoms with Crippen molar-refractivity contribution in [3.63, 3.8) is 0 Å². The van der Waals surface area contributed by atoms with E-state index in [1.807, 2.05) is 36.6 Å². The Hall–Kier alpha value is -2.71. The predicted octanol–water partition coefficient (Wildman–Crippen LogP) is 5.20. The van der Waals surface area contributed by atoms with Crippen LogP contribution in [-0.4, -0.2) is 29.3 Å². The molecule has 26 heavy (non-hydrogen) atoms. The van der Waals surface area contributed by atoms with Crippen molar-refractivity contribution in [3.8, 4) is 6.07 Å². The fourth-order valence-corrected chi connectivity index (χ4v) is 3.37. The number of nitrogens with zero attached hydrogens (tertiary/aromatic N) is 3. The van der Waals surface area contributed by atoms with Crippen LogP contribution in [0.5, 0.6) is 0 Å². The smallest absolute Gasteiger partial charge is 0.149 e. The summed E-state index contributed by atoms with van der Waals surface area (Å²) in [5.41, 5.74) is 4.53. The van der Waals surface area contributed by atoms with E-state index in [-0.39, 0.29) is 0 Å². The molecule has 0 spiro atoms. The summed E-state index contributed by atoms with van der Waals surface area (Å²) < 4.78 is 0. The topological polar surface area (TPSA) is 55.7 Å². The van der Waals surface area contributed by atoms with E-state index >= 15 is 0 Å². The number of fused-ring (bicyclic) bond motifs is 1. The van der Waals surface area contributed by atoms with Gasteiger partial charge in [0.2, 0.25) is 0 Å². The highest BCUT2D eigenvalue weighted by Crippen LogP contribution is 2.24. The number of H-pyrrole nitrogens is 1. The van der Waals surface area contributed by atoms with Crippen LogP contribution in [0.3, 0.4) is 0 Å². The van der Waals surface area contributed by atoms with Crippen LogP contribution in [-0.2, 0) is 0 Å². The Bertz CT molecular complexity index is 960. The van der Waals surface area contributed by atoms with Crippen LogP contribution < -0.4 is 4.90 Å². The molecular weight excluding hydrogens is 340 g/mol. The molecule has 0 unspecified atom stereocenters. The van der Waals surface area contributed by atoms with Gasteiger partial charge >= 0.3 is 0 Å². The largest absolute Gasteiger partial charge is 0.372 e. The molecule has 4 nitrogen and oxygen atoms in total. The molecule has 0 aliphatic rings. The van der Waals surface area contributed by atoms with Crippen LogP contribution in [0.25, 0.3) is 22.7 Å². The van der Waals surface area contributed by atoms with E-state index in [2.05, 4.69) is 53.0 Å².